The zero-order valence-corrected chi connectivity index (χ0v) is 10.8. The minimum Gasteiger partial charge on any atom is -0.306 e. The molecule has 0 saturated heterocycles. The Morgan fingerprint density at radius 1 is 1.11 bits per heavy atom. The Hall–Kier alpha value is -1.67. The summed E-state index contributed by atoms with van der Waals surface area (Å²) in [5.74, 6) is -0.176. The molecule has 0 aliphatic rings. The highest BCUT2D eigenvalue weighted by atomic mass is 19.1. The normalized spacial score (nSPS) is 12.4. The predicted octanol–water partition coefficient (Wildman–Crippen LogP) is 3.98. The standard InChI is InChI=1S/C16H18FN/c1-12-8-9-16(17)10-15(12)11-18-13(2)14-6-4-3-5-7-14/h3-10,13,18H,11H2,1-2H3/t13-/m1/s1. The Bertz CT molecular complexity index is 508. The Morgan fingerprint density at radius 2 is 1.83 bits per heavy atom. The molecule has 1 nitrogen and oxygen atoms in total. The van der Waals surface area contributed by atoms with Gasteiger partial charge in [0.2, 0.25) is 0 Å². The van der Waals surface area contributed by atoms with Gasteiger partial charge in [0, 0.05) is 12.6 Å². The topological polar surface area (TPSA) is 12.0 Å². The quantitative estimate of drug-likeness (QED) is 0.856. The van der Waals surface area contributed by atoms with Gasteiger partial charge in [-0.05, 0) is 42.7 Å². The second-order valence-electron chi connectivity index (χ2n) is 4.58. The minimum atomic E-state index is -0.176. The summed E-state index contributed by atoms with van der Waals surface area (Å²) in [5.41, 5.74) is 3.37. The van der Waals surface area contributed by atoms with E-state index in [1.807, 2.05) is 31.2 Å². The van der Waals surface area contributed by atoms with Crippen LogP contribution in [0.5, 0.6) is 0 Å². The van der Waals surface area contributed by atoms with Crippen molar-refractivity contribution in [3.05, 3.63) is 71.0 Å². The van der Waals surface area contributed by atoms with E-state index in [2.05, 4.69) is 24.4 Å². The van der Waals surface area contributed by atoms with Crippen molar-refractivity contribution >= 4 is 0 Å². The maximum absolute atomic E-state index is 13.2. The molecule has 2 aromatic rings. The monoisotopic (exact) mass is 243 g/mol. The SMILES string of the molecule is Cc1ccc(F)cc1CN[C@H](C)c1ccccc1. The van der Waals surface area contributed by atoms with Crippen LogP contribution in [0.15, 0.2) is 48.5 Å². The van der Waals surface area contributed by atoms with Gasteiger partial charge >= 0.3 is 0 Å². The number of hydrogen-bond donors (Lipinski definition) is 1. The Morgan fingerprint density at radius 3 is 2.56 bits per heavy atom. The number of nitrogens with one attached hydrogen (secondary N) is 1. The van der Waals surface area contributed by atoms with Gasteiger partial charge in [0.1, 0.15) is 5.82 Å². The molecule has 2 rings (SSSR count). The van der Waals surface area contributed by atoms with E-state index in [0.29, 0.717) is 6.54 Å². The van der Waals surface area contributed by atoms with E-state index in [1.54, 1.807) is 6.07 Å². The molecule has 1 N–H and O–H groups in total. The van der Waals surface area contributed by atoms with Crippen LogP contribution in [0.25, 0.3) is 0 Å². The molecule has 0 heterocycles. The number of hydrogen-bond acceptors (Lipinski definition) is 1. The van der Waals surface area contributed by atoms with Crippen LogP contribution in [0, 0.1) is 12.7 Å². The Labute approximate surface area is 108 Å². The third-order valence-corrected chi connectivity index (χ3v) is 3.21. The Balaban J connectivity index is 2.01. The van der Waals surface area contributed by atoms with Gasteiger partial charge in [0.25, 0.3) is 0 Å². The zero-order valence-electron chi connectivity index (χ0n) is 10.8. The van der Waals surface area contributed by atoms with Crippen LogP contribution in [0.2, 0.25) is 0 Å². The molecule has 2 heteroatoms. The van der Waals surface area contributed by atoms with Gasteiger partial charge in [-0.2, -0.15) is 0 Å². The summed E-state index contributed by atoms with van der Waals surface area (Å²) < 4.78 is 13.2. The summed E-state index contributed by atoms with van der Waals surface area (Å²) in [4.78, 5) is 0. The van der Waals surface area contributed by atoms with Crippen LogP contribution < -0.4 is 5.32 Å². The van der Waals surface area contributed by atoms with Crippen molar-refractivity contribution in [2.45, 2.75) is 26.4 Å². The molecule has 0 saturated carbocycles. The van der Waals surface area contributed by atoms with E-state index in [1.165, 1.54) is 11.6 Å². The molecule has 1 atom stereocenters. The van der Waals surface area contributed by atoms with E-state index in [4.69, 9.17) is 0 Å². The second kappa shape index (κ2) is 5.78. The number of aryl methyl sites for hydroxylation is 1. The van der Waals surface area contributed by atoms with Crippen LogP contribution in [0.3, 0.4) is 0 Å². The average Bonchev–Trinajstić information content (AvgIpc) is 2.40. The summed E-state index contributed by atoms with van der Waals surface area (Å²) in [6, 6.07) is 15.4. The van der Waals surface area contributed by atoms with Crippen molar-refractivity contribution in [2.75, 3.05) is 0 Å². The lowest BCUT2D eigenvalue weighted by molar-refractivity contribution is 0.567. The first-order valence-electron chi connectivity index (χ1n) is 6.20. The Kier molecular flexibility index (Phi) is 4.11. The average molecular weight is 243 g/mol. The highest BCUT2D eigenvalue weighted by molar-refractivity contribution is 5.27. The van der Waals surface area contributed by atoms with Crippen molar-refractivity contribution in [3.8, 4) is 0 Å². The lowest BCUT2D eigenvalue weighted by atomic mass is 10.1. The van der Waals surface area contributed by atoms with Gasteiger partial charge in [-0.25, -0.2) is 4.39 Å². The molecule has 0 spiro atoms. The zero-order chi connectivity index (χ0) is 13.0. The molecule has 2 aromatic carbocycles. The van der Waals surface area contributed by atoms with Gasteiger partial charge in [0.05, 0.1) is 0 Å². The molecule has 0 radical (unpaired) electrons. The van der Waals surface area contributed by atoms with Crippen LogP contribution in [-0.4, -0.2) is 0 Å². The van der Waals surface area contributed by atoms with Crippen molar-refractivity contribution in [3.63, 3.8) is 0 Å². The molecule has 0 unspecified atom stereocenters. The fraction of sp³-hybridized carbons (Fsp3) is 0.250. The van der Waals surface area contributed by atoms with Gasteiger partial charge in [-0.3, -0.25) is 0 Å². The van der Waals surface area contributed by atoms with Gasteiger partial charge in [-0.1, -0.05) is 36.4 Å². The molecule has 0 aliphatic carbocycles. The molecule has 0 aliphatic heterocycles. The largest absolute Gasteiger partial charge is 0.306 e. The van der Waals surface area contributed by atoms with Crippen molar-refractivity contribution in [1.29, 1.82) is 0 Å². The fourth-order valence-corrected chi connectivity index (χ4v) is 1.95. The molecule has 0 aromatic heterocycles. The highest BCUT2D eigenvalue weighted by Crippen LogP contribution is 2.14. The van der Waals surface area contributed by atoms with E-state index >= 15 is 0 Å². The summed E-state index contributed by atoms with van der Waals surface area (Å²) in [5, 5.41) is 3.42. The smallest absolute Gasteiger partial charge is 0.123 e. The fourth-order valence-electron chi connectivity index (χ4n) is 1.95. The maximum Gasteiger partial charge on any atom is 0.123 e. The van der Waals surface area contributed by atoms with Crippen molar-refractivity contribution < 1.29 is 4.39 Å². The van der Waals surface area contributed by atoms with Crippen LogP contribution in [0.1, 0.15) is 29.7 Å². The lowest BCUT2D eigenvalue weighted by Gasteiger charge is -2.15. The summed E-state index contributed by atoms with van der Waals surface area (Å²) in [6.07, 6.45) is 0. The van der Waals surface area contributed by atoms with Gasteiger partial charge in [-0.15, -0.1) is 0 Å². The van der Waals surface area contributed by atoms with Gasteiger partial charge in [0.15, 0.2) is 0 Å². The predicted molar refractivity (Wildman–Crippen MR) is 72.8 cm³/mol. The molecule has 0 bridgehead atoms. The minimum absolute atomic E-state index is 0.176. The number of halogens is 1. The van der Waals surface area contributed by atoms with Crippen molar-refractivity contribution in [2.24, 2.45) is 0 Å². The first-order valence-corrected chi connectivity index (χ1v) is 6.20. The molecule has 94 valence electrons. The van der Waals surface area contributed by atoms with Crippen LogP contribution in [-0.2, 0) is 6.54 Å². The molecule has 0 fully saturated rings. The first-order chi connectivity index (χ1) is 8.66. The van der Waals surface area contributed by atoms with E-state index < -0.39 is 0 Å². The summed E-state index contributed by atoms with van der Waals surface area (Å²) in [7, 11) is 0. The lowest BCUT2D eigenvalue weighted by Crippen LogP contribution is -2.18. The third kappa shape index (κ3) is 3.17. The molecular weight excluding hydrogens is 225 g/mol. The first kappa shape index (κ1) is 12.8. The molecule has 18 heavy (non-hydrogen) atoms. The van der Waals surface area contributed by atoms with Crippen LogP contribution in [0.4, 0.5) is 4.39 Å². The molecule has 0 amide bonds. The summed E-state index contributed by atoms with van der Waals surface area (Å²) in [6.45, 7) is 4.80. The second-order valence-corrected chi connectivity index (χ2v) is 4.58. The maximum atomic E-state index is 13.2. The third-order valence-electron chi connectivity index (χ3n) is 3.21. The van der Waals surface area contributed by atoms with E-state index in [-0.39, 0.29) is 11.9 Å². The van der Waals surface area contributed by atoms with Crippen LogP contribution >= 0.6 is 0 Å². The van der Waals surface area contributed by atoms with Gasteiger partial charge < -0.3 is 5.32 Å². The number of benzene rings is 2. The highest BCUT2D eigenvalue weighted by Gasteiger charge is 2.05. The summed E-state index contributed by atoms with van der Waals surface area (Å²) >= 11 is 0. The molecular formula is C16H18FN. The van der Waals surface area contributed by atoms with E-state index in [0.717, 1.165) is 11.1 Å². The number of rotatable bonds is 4. The van der Waals surface area contributed by atoms with Crippen molar-refractivity contribution in [1.82, 2.24) is 5.32 Å². The van der Waals surface area contributed by atoms with E-state index in [9.17, 15) is 4.39 Å².